The van der Waals surface area contributed by atoms with Crippen molar-refractivity contribution < 1.29 is 28.2 Å². The zero-order chi connectivity index (χ0) is 19.4. The minimum atomic E-state index is -1.35. The first-order valence-electron chi connectivity index (χ1n) is 7.94. The number of nitrogens with zero attached hydrogens (tertiary/aromatic N) is 2. The molecule has 3 aromatic rings. The van der Waals surface area contributed by atoms with Gasteiger partial charge in [-0.3, -0.25) is 0 Å². The lowest BCUT2D eigenvalue weighted by Gasteiger charge is -2.15. The molecule has 1 unspecified atom stereocenters. The van der Waals surface area contributed by atoms with Crippen molar-refractivity contribution in [2.24, 2.45) is 0 Å². The number of ether oxygens (including phenoxy) is 1. The van der Waals surface area contributed by atoms with Crippen molar-refractivity contribution in [3.05, 3.63) is 66.0 Å². The van der Waals surface area contributed by atoms with Gasteiger partial charge in [0.05, 0.1) is 23.9 Å². The van der Waals surface area contributed by atoms with Crippen LogP contribution in [0.3, 0.4) is 0 Å². The molecule has 0 saturated carbocycles. The van der Waals surface area contributed by atoms with Crippen molar-refractivity contribution in [3.63, 3.8) is 0 Å². The van der Waals surface area contributed by atoms with Crippen molar-refractivity contribution in [2.45, 2.75) is 19.2 Å². The maximum atomic E-state index is 13.5. The molecule has 2 N–H and O–H groups in total. The van der Waals surface area contributed by atoms with Gasteiger partial charge < -0.3 is 19.7 Å². The highest BCUT2D eigenvalue weighted by atomic mass is 19.2. The maximum absolute atomic E-state index is 13.5. The predicted molar refractivity (Wildman–Crippen MR) is 90.8 cm³/mol. The van der Waals surface area contributed by atoms with Crippen LogP contribution in [0.4, 0.5) is 13.6 Å². The summed E-state index contributed by atoms with van der Waals surface area (Å²) in [6, 6.07) is 9.38. The number of alkyl carbamates (subject to hydrolysis) is 1. The second kappa shape index (κ2) is 7.81. The minimum Gasteiger partial charge on any atom is -0.480 e. The molecule has 1 heterocycles. The number of hydrogen-bond acceptors (Lipinski definition) is 4. The van der Waals surface area contributed by atoms with Crippen LogP contribution >= 0.6 is 0 Å². The first kappa shape index (κ1) is 18.3. The number of carboxylic acid groups (broad SMARTS) is 1. The van der Waals surface area contributed by atoms with Gasteiger partial charge in [-0.25, -0.2) is 23.4 Å². The summed E-state index contributed by atoms with van der Waals surface area (Å²) < 4.78 is 33.0. The Morgan fingerprint density at radius 3 is 2.59 bits per heavy atom. The molecule has 9 heteroatoms. The molecular weight excluding hydrogens is 360 g/mol. The fourth-order valence-electron chi connectivity index (χ4n) is 2.49. The number of aromatic nitrogens is 2. The number of amides is 1. The molecule has 1 atom stereocenters. The van der Waals surface area contributed by atoms with Crippen molar-refractivity contribution in [1.82, 2.24) is 14.9 Å². The van der Waals surface area contributed by atoms with Gasteiger partial charge >= 0.3 is 12.1 Å². The average molecular weight is 375 g/mol. The molecule has 0 spiro atoms. The number of carboxylic acids is 1. The Morgan fingerprint density at radius 1 is 1.19 bits per heavy atom. The standard InChI is InChI=1S/C18H15F2N3O4/c19-12-6-14-16(7-13(12)20)23(10-21-14)8-15(17(24)25)22-18(26)27-9-11-4-2-1-3-5-11/h1-7,10,15H,8-9H2,(H,22,26)(H,24,25). The fraction of sp³-hybridized carbons (Fsp3) is 0.167. The SMILES string of the molecule is O=C(NC(Cn1cnc2cc(F)c(F)cc21)C(=O)O)OCc1ccccc1. The number of rotatable bonds is 6. The fourth-order valence-corrected chi connectivity index (χ4v) is 2.49. The summed E-state index contributed by atoms with van der Waals surface area (Å²) in [4.78, 5) is 27.3. The summed E-state index contributed by atoms with van der Waals surface area (Å²) >= 11 is 0. The predicted octanol–water partition coefficient (Wildman–Crippen LogP) is 2.69. The smallest absolute Gasteiger partial charge is 0.408 e. The van der Waals surface area contributed by atoms with Crippen LogP contribution in [0.1, 0.15) is 5.56 Å². The molecule has 1 aromatic heterocycles. The van der Waals surface area contributed by atoms with E-state index in [4.69, 9.17) is 4.74 Å². The van der Waals surface area contributed by atoms with Gasteiger partial charge in [0.2, 0.25) is 0 Å². The monoisotopic (exact) mass is 375 g/mol. The lowest BCUT2D eigenvalue weighted by Crippen LogP contribution is -2.43. The van der Waals surface area contributed by atoms with Crippen LogP contribution in [-0.4, -0.2) is 32.8 Å². The number of carbonyl (C=O) groups excluding carboxylic acids is 1. The third-order valence-corrected chi connectivity index (χ3v) is 3.85. The molecule has 27 heavy (non-hydrogen) atoms. The second-order valence-corrected chi connectivity index (χ2v) is 5.75. The topological polar surface area (TPSA) is 93.5 Å². The summed E-state index contributed by atoms with van der Waals surface area (Å²) in [7, 11) is 0. The van der Waals surface area contributed by atoms with Gasteiger partial charge in [-0.2, -0.15) is 0 Å². The van der Waals surface area contributed by atoms with Gasteiger partial charge in [-0.15, -0.1) is 0 Å². The van der Waals surface area contributed by atoms with Gasteiger partial charge in [0.1, 0.15) is 12.6 Å². The van der Waals surface area contributed by atoms with Gasteiger partial charge in [0.25, 0.3) is 0 Å². The number of hydrogen-bond donors (Lipinski definition) is 2. The lowest BCUT2D eigenvalue weighted by molar-refractivity contribution is -0.139. The van der Waals surface area contributed by atoms with E-state index in [9.17, 15) is 23.5 Å². The van der Waals surface area contributed by atoms with Crippen LogP contribution in [0.15, 0.2) is 48.8 Å². The first-order chi connectivity index (χ1) is 12.9. The Hall–Kier alpha value is -3.49. The second-order valence-electron chi connectivity index (χ2n) is 5.75. The number of halogens is 2. The number of aliphatic carboxylic acids is 1. The van der Waals surface area contributed by atoms with Crippen molar-refractivity contribution in [1.29, 1.82) is 0 Å². The van der Waals surface area contributed by atoms with E-state index in [-0.39, 0.29) is 24.2 Å². The number of benzene rings is 2. The highest BCUT2D eigenvalue weighted by molar-refractivity contribution is 5.80. The van der Waals surface area contributed by atoms with E-state index >= 15 is 0 Å². The Morgan fingerprint density at radius 2 is 1.89 bits per heavy atom. The van der Waals surface area contributed by atoms with Crippen LogP contribution < -0.4 is 5.32 Å². The normalized spacial score (nSPS) is 11.9. The van der Waals surface area contributed by atoms with E-state index in [2.05, 4.69) is 10.3 Å². The Balaban J connectivity index is 1.68. The molecule has 140 valence electrons. The third kappa shape index (κ3) is 4.38. The highest BCUT2D eigenvalue weighted by Crippen LogP contribution is 2.17. The van der Waals surface area contributed by atoms with E-state index in [0.717, 1.165) is 17.7 Å². The minimum absolute atomic E-state index is 0.0164. The highest BCUT2D eigenvalue weighted by Gasteiger charge is 2.22. The molecule has 0 aliphatic carbocycles. The Labute approximate surface area is 152 Å². The van der Waals surface area contributed by atoms with Crippen molar-refractivity contribution in [2.75, 3.05) is 0 Å². The zero-order valence-corrected chi connectivity index (χ0v) is 13.9. The molecule has 2 aromatic carbocycles. The third-order valence-electron chi connectivity index (χ3n) is 3.85. The lowest BCUT2D eigenvalue weighted by atomic mass is 10.2. The molecule has 3 rings (SSSR count). The largest absolute Gasteiger partial charge is 0.480 e. The van der Waals surface area contributed by atoms with Crippen LogP contribution in [0.2, 0.25) is 0 Å². The number of imidazole rings is 1. The maximum Gasteiger partial charge on any atom is 0.408 e. The van der Waals surface area contributed by atoms with E-state index in [0.29, 0.717) is 0 Å². The molecular formula is C18H15F2N3O4. The molecule has 0 aliphatic heterocycles. The van der Waals surface area contributed by atoms with E-state index in [1.807, 2.05) is 6.07 Å². The van der Waals surface area contributed by atoms with E-state index in [1.54, 1.807) is 24.3 Å². The summed E-state index contributed by atoms with van der Waals surface area (Å²) in [5.41, 5.74) is 1.13. The molecule has 0 aliphatic rings. The molecule has 1 amide bonds. The van der Waals surface area contributed by atoms with Crippen LogP contribution in [0.5, 0.6) is 0 Å². The van der Waals surface area contributed by atoms with Gasteiger partial charge in [-0.1, -0.05) is 30.3 Å². The Kier molecular flexibility index (Phi) is 5.30. The van der Waals surface area contributed by atoms with Crippen molar-refractivity contribution in [3.8, 4) is 0 Å². The molecule has 0 bridgehead atoms. The van der Waals surface area contributed by atoms with Crippen LogP contribution in [0.25, 0.3) is 11.0 Å². The Bertz CT molecular complexity index is 975. The zero-order valence-electron chi connectivity index (χ0n) is 13.9. The first-order valence-corrected chi connectivity index (χ1v) is 7.94. The van der Waals surface area contributed by atoms with Crippen LogP contribution in [0, 0.1) is 11.6 Å². The molecule has 0 saturated heterocycles. The quantitative estimate of drug-likeness (QED) is 0.691. The molecule has 0 radical (unpaired) electrons. The molecule has 0 fully saturated rings. The number of nitrogens with one attached hydrogen (secondary N) is 1. The van der Waals surface area contributed by atoms with Gasteiger partial charge in [-0.05, 0) is 5.56 Å². The summed E-state index contributed by atoms with van der Waals surface area (Å²) in [5.74, 6) is -3.44. The average Bonchev–Trinajstić information content (AvgIpc) is 3.02. The van der Waals surface area contributed by atoms with Crippen LogP contribution in [-0.2, 0) is 22.7 Å². The van der Waals surface area contributed by atoms with Gasteiger partial charge in [0, 0.05) is 12.1 Å². The number of fused-ring (bicyclic) bond motifs is 1. The molecule has 7 nitrogen and oxygen atoms in total. The summed E-state index contributed by atoms with van der Waals surface area (Å²) in [5, 5.41) is 11.6. The summed E-state index contributed by atoms with van der Waals surface area (Å²) in [6.07, 6.45) is 0.337. The van der Waals surface area contributed by atoms with Crippen molar-refractivity contribution >= 4 is 23.1 Å². The van der Waals surface area contributed by atoms with E-state index in [1.165, 1.54) is 10.9 Å². The number of carbonyl (C=O) groups is 2. The van der Waals surface area contributed by atoms with E-state index < -0.39 is 29.7 Å². The van der Waals surface area contributed by atoms with Gasteiger partial charge in [0.15, 0.2) is 11.6 Å². The summed E-state index contributed by atoms with van der Waals surface area (Å²) in [6.45, 7) is -0.255.